The number of aliphatic hydroxyl groups excluding tert-OH is 1. The molecule has 1 aliphatic heterocycles. The van der Waals surface area contributed by atoms with E-state index in [2.05, 4.69) is 0 Å². The van der Waals surface area contributed by atoms with Crippen LogP contribution in [-0.2, 0) is 16.1 Å². The minimum Gasteiger partial charge on any atom is -0.510 e. The third-order valence-electron chi connectivity index (χ3n) is 2.74. The van der Waals surface area contributed by atoms with E-state index in [9.17, 15) is 5.11 Å². The van der Waals surface area contributed by atoms with Crippen LogP contribution in [0.15, 0.2) is 42.2 Å². The summed E-state index contributed by atoms with van der Waals surface area (Å²) in [6.07, 6.45) is 0.875. The van der Waals surface area contributed by atoms with Crippen LogP contribution in [0.4, 0.5) is 0 Å². The van der Waals surface area contributed by atoms with E-state index in [0.717, 1.165) is 5.56 Å². The number of hydrogen-bond acceptors (Lipinski definition) is 4. The molecule has 1 aromatic carbocycles. The Morgan fingerprint density at radius 1 is 1.35 bits per heavy atom. The van der Waals surface area contributed by atoms with Gasteiger partial charge in [-0.05, 0) is 11.6 Å². The van der Waals surface area contributed by atoms with Crippen molar-refractivity contribution < 1.29 is 14.6 Å². The largest absolute Gasteiger partial charge is 0.510 e. The van der Waals surface area contributed by atoms with Crippen molar-refractivity contribution in [2.24, 2.45) is 5.73 Å². The molecule has 0 saturated carbocycles. The van der Waals surface area contributed by atoms with Crippen molar-refractivity contribution in [2.75, 3.05) is 13.2 Å². The van der Waals surface area contributed by atoms with Gasteiger partial charge in [-0.3, -0.25) is 0 Å². The summed E-state index contributed by atoms with van der Waals surface area (Å²) in [7, 11) is 0. The molecule has 4 heteroatoms. The van der Waals surface area contributed by atoms with E-state index in [1.54, 1.807) is 6.08 Å². The summed E-state index contributed by atoms with van der Waals surface area (Å²) in [5.74, 6) is 0.211. The van der Waals surface area contributed by atoms with Crippen LogP contribution in [0.5, 0.6) is 0 Å². The average molecular weight is 235 g/mol. The number of rotatable bonds is 4. The fourth-order valence-electron chi connectivity index (χ4n) is 1.80. The predicted molar refractivity (Wildman–Crippen MR) is 64.5 cm³/mol. The van der Waals surface area contributed by atoms with Gasteiger partial charge in [0.05, 0.1) is 13.2 Å². The SMILES string of the molecule is NCC1OCC=C(O)[C@@H]1OCc1ccccc1. The van der Waals surface area contributed by atoms with E-state index >= 15 is 0 Å². The van der Waals surface area contributed by atoms with Crippen LogP contribution in [0.2, 0.25) is 0 Å². The molecule has 2 rings (SSSR count). The van der Waals surface area contributed by atoms with Crippen LogP contribution in [0, 0.1) is 0 Å². The lowest BCUT2D eigenvalue weighted by atomic mass is 10.1. The number of benzene rings is 1. The molecule has 0 bridgehead atoms. The Balaban J connectivity index is 1.97. The average Bonchev–Trinajstić information content (AvgIpc) is 2.38. The highest BCUT2D eigenvalue weighted by Crippen LogP contribution is 2.18. The minimum atomic E-state index is -0.464. The zero-order chi connectivity index (χ0) is 12.1. The molecule has 0 aliphatic carbocycles. The lowest BCUT2D eigenvalue weighted by Crippen LogP contribution is -2.41. The van der Waals surface area contributed by atoms with Crippen LogP contribution < -0.4 is 5.73 Å². The lowest BCUT2D eigenvalue weighted by molar-refractivity contribution is -0.0785. The Bertz CT molecular complexity index is 378. The van der Waals surface area contributed by atoms with Gasteiger partial charge in [0.25, 0.3) is 0 Å². The van der Waals surface area contributed by atoms with Gasteiger partial charge < -0.3 is 20.3 Å². The Morgan fingerprint density at radius 2 is 2.12 bits per heavy atom. The van der Waals surface area contributed by atoms with Crippen LogP contribution >= 0.6 is 0 Å². The quantitative estimate of drug-likeness (QED) is 0.827. The zero-order valence-electron chi connectivity index (χ0n) is 9.58. The summed E-state index contributed by atoms with van der Waals surface area (Å²) in [5, 5.41) is 9.75. The maximum atomic E-state index is 9.75. The topological polar surface area (TPSA) is 64.7 Å². The van der Waals surface area contributed by atoms with Gasteiger partial charge in [-0.1, -0.05) is 30.3 Å². The summed E-state index contributed by atoms with van der Waals surface area (Å²) in [4.78, 5) is 0. The third-order valence-corrected chi connectivity index (χ3v) is 2.74. The van der Waals surface area contributed by atoms with Crippen LogP contribution in [0.1, 0.15) is 5.56 Å². The second-order valence-electron chi connectivity index (χ2n) is 3.95. The second kappa shape index (κ2) is 5.82. The smallest absolute Gasteiger partial charge is 0.142 e. The first-order chi connectivity index (χ1) is 8.31. The van der Waals surface area contributed by atoms with Crippen molar-refractivity contribution in [2.45, 2.75) is 18.8 Å². The van der Waals surface area contributed by atoms with E-state index < -0.39 is 6.10 Å². The van der Waals surface area contributed by atoms with E-state index in [0.29, 0.717) is 19.8 Å². The fourth-order valence-corrected chi connectivity index (χ4v) is 1.80. The van der Waals surface area contributed by atoms with Crippen molar-refractivity contribution in [3.05, 3.63) is 47.7 Å². The summed E-state index contributed by atoms with van der Waals surface area (Å²) < 4.78 is 11.1. The van der Waals surface area contributed by atoms with Gasteiger partial charge in [0.15, 0.2) is 0 Å². The van der Waals surface area contributed by atoms with Gasteiger partial charge in [-0.25, -0.2) is 0 Å². The molecule has 2 atom stereocenters. The lowest BCUT2D eigenvalue weighted by Gasteiger charge is -2.29. The molecule has 0 saturated heterocycles. The van der Waals surface area contributed by atoms with Crippen LogP contribution in [0.3, 0.4) is 0 Å². The van der Waals surface area contributed by atoms with E-state index in [-0.39, 0.29) is 11.9 Å². The molecule has 0 aromatic heterocycles. The molecule has 0 amide bonds. The molecular weight excluding hydrogens is 218 g/mol. The molecular formula is C13H17NO3. The molecule has 0 radical (unpaired) electrons. The maximum absolute atomic E-state index is 9.75. The minimum absolute atomic E-state index is 0.211. The first-order valence-corrected chi connectivity index (χ1v) is 5.67. The summed E-state index contributed by atoms with van der Waals surface area (Å²) in [6, 6.07) is 9.80. The Morgan fingerprint density at radius 3 is 2.82 bits per heavy atom. The fraction of sp³-hybridized carbons (Fsp3) is 0.385. The molecule has 92 valence electrons. The zero-order valence-corrected chi connectivity index (χ0v) is 9.58. The molecule has 1 heterocycles. The number of nitrogens with two attached hydrogens (primary N) is 1. The van der Waals surface area contributed by atoms with Gasteiger partial charge in [0.1, 0.15) is 18.0 Å². The Hall–Kier alpha value is -1.36. The summed E-state index contributed by atoms with van der Waals surface area (Å²) in [5.41, 5.74) is 6.64. The van der Waals surface area contributed by atoms with Gasteiger partial charge in [-0.2, -0.15) is 0 Å². The highest BCUT2D eigenvalue weighted by molar-refractivity contribution is 5.14. The van der Waals surface area contributed by atoms with Crippen molar-refractivity contribution in [3.63, 3.8) is 0 Å². The number of hydrogen-bond donors (Lipinski definition) is 2. The maximum Gasteiger partial charge on any atom is 0.142 e. The molecule has 1 unspecified atom stereocenters. The van der Waals surface area contributed by atoms with Gasteiger partial charge in [0, 0.05) is 6.54 Å². The van der Waals surface area contributed by atoms with E-state index in [1.165, 1.54) is 0 Å². The standard InChI is InChI=1S/C13H17NO3/c14-8-12-13(11(15)6-7-16-12)17-9-10-4-2-1-3-5-10/h1-6,12-13,15H,7-9,14H2/t12?,13-/m0/s1. The second-order valence-corrected chi connectivity index (χ2v) is 3.95. The van der Waals surface area contributed by atoms with Crippen molar-refractivity contribution in [1.82, 2.24) is 0 Å². The number of aliphatic hydroxyl groups is 1. The number of ether oxygens (including phenoxy) is 2. The van der Waals surface area contributed by atoms with Crippen molar-refractivity contribution in [1.29, 1.82) is 0 Å². The first-order valence-electron chi connectivity index (χ1n) is 5.67. The summed E-state index contributed by atoms with van der Waals surface area (Å²) >= 11 is 0. The molecule has 0 fully saturated rings. The van der Waals surface area contributed by atoms with Crippen LogP contribution in [0.25, 0.3) is 0 Å². The molecule has 0 spiro atoms. The predicted octanol–water partition coefficient (Wildman–Crippen LogP) is 1.37. The molecule has 1 aromatic rings. The molecule has 1 aliphatic rings. The first kappa shape index (κ1) is 12.1. The van der Waals surface area contributed by atoms with E-state index in [1.807, 2.05) is 30.3 Å². The van der Waals surface area contributed by atoms with Gasteiger partial charge >= 0.3 is 0 Å². The summed E-state index contributed by atoms with van der Waals surface area (Å²) in [6.45, 7) is 1.15. The van der Waals surface area contributed by atoms with Crippen molar-refractivity contribution in [3.8, 4) is 0 Å². The highest BCUT2D eigenvalue weighted by Gasteiger charge is 2.28. The molecule has 17 heavy (non-hydrogen) atoms. The highest BCUT2D eigenvalue weighted by atomic mass is 16.6. The Labute approximate surface area is 101 Å². The van der Waals surface area contributed by atoms with Gasteiger partial charge in [-0.15, -0.1) is 0 Å². The monoisotopic (exact) mass is 235 g/mol. The van der Waals surface area contributed by atoms with Crippen molar-refractivity contribution >= 4 is 0 Å². The molecule has 4 nitrogen and oxygen atoms in total. The van der Waals surface area contributed by atoms with E-state index in [4.69, 9.17) is 15.2 Å². The molecule has 3 N–H and O–H groups in total. The third kappa shape index (κ3) is 3.06. The normalized spacial score (nSPS) is 24.4. The van der Waals surface area contributed by atoms with Crippen LogP contribution in [-0.4, -0.2) is 30.5 Å². The van der Waals surface area contributed by atoms with Gasteiger partial charge in [0.2, 0.25) is 0 Å². The Kier molecular flexibility index (Phi) is 4.14.